The number of rotatable bonds is 11. The molecule has 0 rings (SSSR count). The summed E-state index contributed by atoms with van der Waals surface area (Å²) in [6.45, 7) is 10.2. The van der Waals surface area contributed by atoms with Crippen LogP contribution in [-0.2, 0) is 9.47 Å². The molecule has 0 aliphatic heterocycles. The van der Waals surface area contributed by atoms with E-state index in [1.165, 1.54) is 12.8 Å². The van der Waals surface area contributed by atoms with Gasteiger partial charge in [-0.05, 0) is 38.6 Å². The van der Waals surface area contributed by atoms with Crippen molar-refractivity contribution < 1.29 is 9.47 Å². The molecule has 1 atom stereocenters. The van der Waals surface area contributed by atoms with Crippen molar-refractivity contribution in [2.75, 3.05) is 33.5 Å². The number of hydrogen-bond donors (Lipinski definition) is 1. The smallest absolute Gasteiger partial charge is 0.0700 e. The molecule has 16 heavy (non-hydrogen) atoms. The summed E-state index contributed by atoms with van der Waals surface area (Å²) in [5.41, 5.74) is 0. The van der Waals surface area contributed by atoms with E-state index in [2.05, 4.69) is 26.1 Å². The molecule has 0 heterocycles. The van der Waals surface area contributed by atoms with Gasteiger partial charge in [-0.15, -0.1) is 0 Å². The van der Waals surface area contributed by atoms with Gasteiger partial charge in [-0.1, -0.05) is 13.8 Å². The van der Waals surface area contributed by atoms with E-state index in [1.54, 1.807) is 7.11 Å². The Morgan fingerprint density at radius 1 is 1.00 bits per heavy atom. The summed E-state index contributed by atoms with van der Waals surface area (Å²) in [5.74, 6) is 0.778. The Balaban J connectivity index is 3.08. The van der Waals surface area contributed by atoms with Gasteiger partial charge in [0.05, 0.1) is 13.2 Å². The Kier molecular flexibility index (Phi) is 11.3. The minimum atomic E-state index is 0.634. The zero-order valence-electron chi connectivity index (χ0n) is 11.4. The second-order valence-electron chi connectivity index (χ2n) is 4.80. The first-order valence-corrected chi connectivity index (χ1v) is 6.47. The maximum absolute atomic E-state index is 5.39. The fourth-order valence-electron chi connectivity index (χ4n) is 1.71. The van der Waals surface area contributed by atoms with Gasteiger partial charge in [-0.25, -0.2) is 0 Å². The first-order valence-electron chi connectivity index (χ1n) is 6.47. The van der Waals surface area contributed by atoms with Crippen molar-refractivity contribution in [3.8, 4) is 0 Å². The van der Waals surface area contributed by atoms with Gasteiger partial charge in [0.25, 0.3) is 0 Å². The summed E-state index contributed by atoms with van der Waals surface area (Å²) in [5, 5.41) is 3.54. The first-order chi connectivity index (χ1) is 7.66. The van der Waals surface area contributed by atoms with Crippen molar-refractivity contribution in [2.45, 2.75) is 46.1 Å². The predicted molar refractivity (Wildman–Crippen MR) is 68.8 cm³/mol. The van der Waals surface area contributed by atoms with Crippen LogP contribution in [0.5, 0.6) is 0 Å². The topological polar surface area (TPSA) is 30.5 Å². The van der Waals surface area contributed by atoms with E-state index in [9.17, 15) is 0 Å². The molecule has 0 fully saturated rings. The molecule has 0 aromatic carbocycles. The van der Waals surface area contributed by atoms with Crippen LogP contribution >= 0.6 is 0 Å². The number of methoxy groups -OCH3 is 1. The van der Waals surface area contributed by atoms with Gasteiger partial charge in [0.1, 0.15) is 0 Å². The molecule has 0 saturated carbocycles. The van der Waals surface area contributed by atoms with Gasteiger partial charge in [0.2, 0.25) is 0 Å². The molecule has 0 spiro atoms. The average Bonchev–Trinajstić information content (AvgIpc) is 2.21. The normalized spacial score (nSPS) is 13.3. The lowest BCUT2D eigenvalue weighted by atomic mass is 10.1. The predicted octanol–water partition coefficient (Wildman–Crippen LogP) is 2.45. The maximum atomic E-state index is 5.39. The van der Waals surface area contributed by atoms with Crippen molar-refractivity contribution in [3.05, 3.63) is 0 Å². The Morgan fingerprint density at radius 3 is 2.38 bits per heavy atom. The maximum Gasteiger partial charge on any atom is 0.0700 e. The van der Waals surface area contributed by atoms with Gasteiger partial charge in [0.15, 0.2) is 0 Å². The third-order valence-electron chi connectivity index (χ3n) is 2.47. The summed E-state index contributed by atoms with van der Waals surface area (Å²) < 4.78 is 10.3. The van der Waals surface area contributed by atoms with Crippen LogP contribution in [0.15, 0.2) is 0 Å². The fraction of sp³-hybridized carbons (Fsp3) is 1.00. The van der Waals surface area contributed by atoms with Crippen molar-refractivity contribution >= 4 is 0 Å². The van der Waals surface area contributed by atoms with Gasteiger partial charge in [0, 0.05) is 19.8 Å². The van der Waals surface area contributed by atoms with Crippen LogP contribution in [0.25, 0.3) is 0 Å². The molecule has 1 N–H and O–H groups in total. The monoisotopic (exact) mass is 231 g/mol. The molecule has 98 valence electrons. The van der Waals surface area contributed by atoms with Gasteiger partial charge in [-0.3, -0.25) is 0 Å². The van der Waals surface area contributed by atoms with Gasteiger partial charge >= 0.3 is 0 Å². The number of hydrogen-bond acceptors (Lipinski definition) is 3. The van der Waals surface area contributed by atoms with Gasteiger partial charge in [-0.2, -0.15) is 0 Å². The number of unbranched alkanes of at least 4 members (excludes halogenated alkanes) is 1. The molecule has 0 bridgehead atoms. The van der Waals surface area contributed by atoms with Crippen LogP contribution in [0, 0.1) is 5.92 Å². The molecule has 0 amide bonds. The highest BCUT2D eigenvalue weighted by Crippen LogP contribution is 2.03. The number of ether oxygens (including phenoxy) is 2. The standard InChI is InChI=1S/C13H29NO2/c1-12(2)11-13(3)14-7-5-6-8-16-10-9-15-4/h12-14H,5-11H2,1-4H3. The van der Waals surface area contributed by atoms with E-state index >= 15 is 0 Å². The largest absolute Gasteiger partial charge is 0.382 e. The molecule has 1 unspecified atom stereocenters. The van der Waals surface area contributed by atoms with E-state index in [1.807, 2.05) is 0 Å². The van der Waals surface area contributed by atoms with Crippen molar-refractivity contribution in [1.29, 1.82) is 0 Å². The third-order valence-corrected chi connectivity index (χ3v) is 2.47. The molecule has 0 saturated heterocycles. The Hall–Kier alpha value is -0.120. The second-order valence-corrected chi connectivity index (χ2v) is 4.80. The van der Waals surface area contributed by atoms with E-state index < -0.39 is 0 Å². The highest BCUT2D eigenvalue weighted by Gasteiger charge is 2.02. The lowest BCUT2D eigenvalue weighted by molar-refractivity contribution is 0.0687. The van der Waals surface area contributed by atoms with Crippen LogP contribution in [0.4, 0.5) is 0 Å². The van der Waals surface area contributed by atoms with Crippen LogP contribution in [0.3, 0.4) is 0 Å². The van der Waals surface area contributed by atoms with Crippen molar-refractivity contribution in [2.24, 2.45) is 5.92 Å². The summed E-state index contributed by atoms with van der Waals surface area (Å²) >= 11 is 0. The van der Waals surface area contributed by atoms with E-state index in [-0.39, 0.29) is 0 Å². The fourth-order valence-corrected chi connectivity index (χ4v) is 1.71. The number of nitrogens with one attached hydrogen (secondary N) is 1. The minimum absolute atomic E-state index is 0.634. The van der Waals surface area contributed by atoms with Crippen molar-refractivity contribution in [3.63, 3.8) is 0 Å². The molecule has 0 radical (unpaired) electrons. The minimum Gasteiger partial charge on any atom is -0.382 e. The molecule has 0 aromatic rings. The Morgan fingerprint density at radius 2 is 1.75 bits per heavy atom. The quantitative estimate of drug-likeness (QED) is 0.554. The average molecular weight is 231 g/mol. The summed E-state index contributed by atoms with van der Waals surface area (Å²) in [6.07, 6.45) is 3.57. The van der Waals surface area contributed by atoms with E-state index in [0.29, 0.717) is 19.3 Å². The third kappa shape index (κ3) is 12.0. The van der Waals surface area contributed by atoms with E-state index in [0.717, 1.165) is 25.5 Å². The molecule has 0 aliphatic carbocycles. The highest BCUT2D eigenvalue weighted by molar-refractivity contribution is 4.62. The summed E-state index contributed by atoms with van der Waals surface area (Å²) in [4.78, 5) is 0. The molecule has 0 aromatic heterocycles. The zero-order valence-corrected chi connectivity index (χ0v) is 11.4. The lowest BCUT2D eigenvalue weighted by Gasteiger charge is -2.15. The summed E-state index contributed by atoms with van der Waals surface area (Å²) in [6, 6.07) is 0.634. The molecule has 0 aliphatic rings. The van der Waals surface area contributed by atoms with Crippen LogP contribution < -0.4 is 5.32 Å². The second kappa shape index (κ2) is 11.4. The highest BCUT2D eigenvalue weighted by atomic mass is 16.5. The molecule has 3 nitrogen and oxygen atoms in total. The molecular weight excluding hydrogens is 202 g/mol. The Labute approximate surface area is 101 Å². The van der Waals surface area contributed by atoms with Gasteiger partial charge < -0.3 is 14.8 Å². The Bertz CT molecular complexity index is 140. The summed E-state index contributed by atoms with van der Waals surface area (Å²) in [7, 11) is 1.70. The van der Waals surface area contributed by atoms with E-state index in [4.69, 9.17) is 9.47 Å². The van der Waals surface area contributed by atoms with Crippen LogP contribution in [0.2, 0.25) is 0 Å². The molecule has 3 heteroatoms. The zero-order chi connectivity index (χ0) is 12.2. The molecular formula is C13H29NO2. The first kappa shape index (κ1) is 15.9. The lowest BCUT2D eigenvalue weighted by Crippen LogP contribution is -2.28. The van der Waals surface area contributed by atoms with Crippen LogP contribution in [-0.4, -0.2) is 39.5 Å². The van der Waals surface area contributed by atoms with Crippen LogP contribution in [0.1, 0.15) is 40.0 Å². The van der Waals surface area contributed by atoms with Crippen molar-refractivity contribution in [1.82, 2.24) is 5.32 Å². The SMILES string of the molecule is COCCOCCCCNC(C)CC(C)C.